The lowest BCUT2D eigenvalue weighted by atomic mass is 9.88. The third-order valence-electron chi connectivity index (χ3n) is 22.0. The first-order chi connectivity index (χ1) is 51.4. The average Bonchev–Trinajstić information content (AvgIpc) is 0.753. The van der Waals surface area contributed by atoms with E-state index >= 15 is 0 Å². The number of hydrogen-bond donors (Lipinski definition) is 14. The molecule has 3 aliphatic heterocycles. The van der Waals surface area contributed by atoms with Crippen molar-refractivity contribution in [2.75, 3.05) is 26.4 Å². The third-order valence-corrected chi connectivity index (χ3v) is 22.0. The molecule has 3 saturated heterocycles. The van der Waals surface area contributed by atoms with Crippen molar-refractivity contribution in [1.82, 2.24) is 10.6 Å². The van der Waals surface area contributed by atoms with Crippen LogP contribution in [0.25, 0.3) is 0 Å². The molecule has 0 aromatic heterocycles. The number of carbonyl (C=O) groups excluding carboxylic acids is 2. The first-order valence-corrected chi connectivity index (χ1v) is 43.0. The molecule has 14 N–H and O–H groups in total. The summed E-state index contributed by atoms with van der Waals surface area (Å²) in [6.07, 6.45) is 39.4. The Balaban J connectivity index is 1.43. The van der Waals surface area contributed by atoms with Crippen molar-refractivity contribution in [2.45, 2.75) is 471 Å². The van der Waals surface area contributed by atoms with E-state index in [4.69, 9.17) is 28.4 Å². The van der Waals surface area contributed by atoms with Crippen LogP contribution < -0.4 is 10.6 Å². The van der Waals surface area contributed by atoms with Gasteiger partial charge in [0.15, 0.2) is 12.6 Å². The second kappa shape index (κ2) is 62.0. The first-order valence-electron chi connectivity index (χ1n) is 43.0. The molecule has 3 aliphatic rings. The van der Waals surface area contributed by atoms with E-state index in [-0.39, 0.29) is 18.9 Å². The highest BCUT2D eigenvalue weighted by molar-refractivity contribution is 5.77. The predicted molar refractivity (Wildman–Crippen MR) is 412 cm³/mol. The monoisotopic (exact) mass is 1520 g/mol. The Labute approximate surface area is 639 Å². The van der Waals surface area contributed by atoms with Crippen molar-refractivity contribution in [3.05, 3.63) is 12.2 Å². The minimum Gasteiger partial charge on any atom is -0.477 e. The quantitative estimate of drug-likeness (QED) is 0.0199. The highest BCUT2D eigenvalue weighted by atomic mass is 16.8. The zero-order chi connectivity index (χ0) is 77.4. The minimum absolute atomic E-state index is 0.228. The molecule has 3 fully saturated rings. The molecule has 624 valence electrons. The van der Waals surface area contributed by atoms with E-state index in [0.717, 1.165) is 58.3 Å². The number of ether oxygens (including phenoxy) is 6. The van der Waals surface area contributed by atoms with E-state index < -0.39 is 148 Å². The molecular formula is C83H156N2O21. The predicted octanol–water partition coefficient (Wildman–Crippen LogP) is 12.5. The smallest absolute Gasteiger partial charge is 0.364 e. The van der Waals surface area contributed by atoms with Crippen molar-refractivity contribution in [3.63, 3.8) is 0 Å². The van der Waals surface area contributed by atoms with Gasteiger partial charge in [-0.15, -0.1) is 0 Å². The van der Waals surface area contributed by atoms with Gasteiger partial charge in [-0.1, -0.05) is 315 Å². The average molecular weight is 1520 g/mol. The van der Waals surface area contributed by atoms with Gasteiger partial charge in [-0.25, -0.2) is 4.79 Å². The number of aliphatic hydroxyl groups is 11. The summed E-state index contributed by atoms with van der Waals surface area (Å²) in [4.78, 5) is 38.7. The van der Waals surface area contributed by atoms with Crippen LogP contribution in [0.15, 0.2) is 12.2 Å². The number of unbranched alkanes of at least 4 members (excludes halogenated alkanes) is 47. The van der Waals surface area contributed by atoms with Gasteiger partial charge in [0.2, 0.25) is 11.8 Å². The molecule has 0 bridgehead atoms. The van der Waals surface area contributed by atoms with E-state index in [9.17, 15) is 75.7 Å². The standard InChI is InChI=1S/C83H156N2O21/c1-4-6-8-10-12-14-16-18-20-22-23-24-25-26-27-28-29-30-31-32-33-34-35-36-37-38-39-41-43-45-47-49-51-53-55-57-70(93)85-64(65(90)56-54-52-50-48-46-44-42-40-21-19-17-15-13-11-9-7-5-2)62-101-80-75(97)74(96)77(69(61-88)103-80)104-81-76(98)79(73(95)68(60-87)102-81)106-83(82(99)100)58-66(91)71(84-63(3)89)78(105-83)72(94)67(92)59-86/h28-29,64-69,71-81,86-88,90-92,94-98H,4-27,30-62H2,1-3H3,(H,84,89)(H,85,93)(H,99,100)/b29-28-. The van der Waals surface area contributed by atoms with E-state index in [1.54, 1.807) is 0 Å². The summed E-state index contributed by atoms with van der Waals surface area (Å²) < 4.78 is 35.0. The summed E-state index contributed by atoms with van der Waals surface area (Å²) in [7, 11) is 0. The summed E-state index contributed by atoms with van der Waals surface area (Å²) in [5, 5.41) is 137. The maximum absolute atomic E-state index is 13.6. The maximum atomic E-state index is 13.6. The molecule has 106 heavy (non-hydrogen) atoms. The van der Waals surface area contributed by atoms with Gasteiger partial charge in [0.1, 0.15) is 67.1 Å². The van der Waals surface area contributed by atoms with Crippen molar-refractivity contribution >= 4 is 17.8 Å². The number of aliphatic carboxylic acids is 1. The van der Waals surface area contributed by atoms with Gasteiger partial charge in [-0.3, -0.25) is 9.59 Å². The Kier molecular flexibility index (Phi) is 57.1. The van der Waals surface area contributed by atoms with Crippen LogP contribution in [0.5, 0.6) is 0 Å². The molecule has 18 atom stereocenters. The molecule has 0 spiro atoms. The Morgan fingerprint density at radius 1 is 0.481 bits per heavy atom. The fraction of sp³-hybridized carbons (Fsp3) is 0.940. The summed E-state index contributed by atoms with van der Waals surface area (Å²) in [6, 6.07) is -2.53. The van der Waals surface area contributed by atoms with Crippen molar-refractivity contribution in [1.29, 1.82) is 0 Å². The fourth-order valence-electron chi connectivity index (χ4n) is 15.2. The van der Waals surface area contributed by atoms with Gasteiger partial charge in [0.25, 0.3) is 5.79 Å². The van der Waals surface area contributed by atoms with E-state index in [2.05, 4.69) is 36.6 Å². The zero-order valence-electron chi connectivity index (χ0n) is 66.3. The number of hydrogen-bond acceptors (Lipinski definition) is 20. The summed E-state index contributed by atoms with van der Waals surface area (Å²) in [5.41, 5.74) is 0. The van der Waals surface area contributed by atoms with Crippen LogP contribution in [0, 0.1) is 0 Å². The van der Waals surface area contributed by atoms with Crippen molar-refractivity contribution in [2.24, 2.45) is 0 Å². The van der Waals surface area contributed by atoms with Gasteiger partial charge in [0.05, 0.1) is 50.7 Å². The number of carboxylic acids is 1. The molecule has 23 nitrogen and oxygen atoms in total. The van der Waals surface area contributed by atoms with Crippen LogP contribution in [-0.2, 0) is 42.8 Å². The second-order valence-electron chi connectivity index (χ2n) is 31.4. The Morgan fingerprint density at radius 3 is 1.27 bits per heavy atom. The Hall–Kier alpha value is -2.53. The van der Waals surface area contributed by atoms with Gasteiger partial charge < -0.3 is 100 Å². The van der Waals surface area contributed by atoms with Crippen LogP contribution in [-0.4, -0.2) is 215 Å². The number of carboxylic acid groups (broad SMARTS) is 1. The number of carbonyl (C=O) groups is 3. The molecule has 2 amide bonds. The van der Waals surface area contributed by atoms with Crippen LogP contribution in [0.3, 0.4) is 0 Å². The summed E-state index contributed by atoms with van der Waals surface area (Å²) in [6.45, 7) is 2.26. The van der Waals surface area contributed by atoms with Crippen LogP contribution in [0.1, 0.15) is 361 Å². The lowest BCUT2D eigenvalue weighted by Crippen LogP contribution is -2.70. The molecule has 23 heteroatoms. The lowest BCUT2D eigenvalue weighted by Gasteiger charge is -2.50. The maximum Gasteiger partial charge on any atom is 0.364 e. The number of rotatable bonds is 69. The lowest BCUT2D eigenvalue weighted by molar-refractivity contribution is -0.386. The zero-order valence-corrected chi connectivity index (χ0v) is 66.3. The largest absolute Gasteiger partial charge is 0.477 e. The molecule has 3 rings (SSSR count). The van der Waals surface area contributed by atoms with E-state index in [1.807, 2.05) is 0 Å². The SMILES string of the molecule is CCCCCCCCCCCCCCCC/C=C\CCCCCCCCCCCCCCCCCCCC(=O)NC(COC1OC(CO)C(OC2OC(CO)C(O)C(OC3(C(=O)O)CC(O)C(NC(C)=O)C(C(O)C(O)CO)O3)C2O)C(O)C1O)C(O)CCCCCCCCCCCCCCCCCCC. The van der Waals surface area contributed by atoms with Crippen molar-refractivity contribution < 1.29 is 104 Å². The molecule has 0 radical (unpaired) electrons. The number of amides is 2. The molecule has 0 aliphatic carbocycles. The normalized spacial score (nSPS) is 26.1. The number of aliphatic hydroxyl groups excluding tert-OH is 11. The molecule has 0 aromatic rings. The number of allylic oxidation sites excluding steroid dienone is 2. The van der Waals surface area contributed by atoms with Gasteiger partial charge in [0, 0.05) is 19.8 Å². The molecule has 0 aromatic carbocycles. The molecule has 18 unspecified atom stereocenters. The second-order valence-corrected chi connectivity index (χ2v) is 31.4. The van der Waals surface area contributed by atoms with Crippen molar-refractivity contribution in [3.8, 4) is 0 Å². The topological polar surface area (TPSA) is 373 Å². The minimum atomic E-state index is -3.08. The highest BCUT2D eigenvalue weighted by Gasteiger charge is 2.60. The molecular weight excluding hydrogens is 1360 g/mol. The third kappa shape index (κ3) is 41.3. The highest BCUT2D eigenvalue weighted by Crippen LogP contribution is 2.39. The fourth-order valence-corrected chi connectivity index (χ4v) is 15.2. The Morgan fingerprint density at radius 2 is 0.877 bits per heavy atom. The van der Waals surface area contributed by atoms with Crippen LogP contribution >= 0.6 is 0 Å². The van der Waals surface area contributed by atoms with Gasteiger partial charge in [-0.05, 0) is 38.5 Å². The number of nitrogens with one attached hydrogen (secondary N) is 2. The first kappa shape index (κ1) is 97.7. The van der Waals surface area contributed by atoms with Gasteiger partial charge >= 0.3 is 5.97 Å². The molecule has 0 saturated carbocycles. The van der Waals surface area contributed by atoms with Crippen LogP contribution in [0.4, 0.5) is 0 Å². The summed E-state index contributed by atoms with van der Waals surface area (Å²) in [5.74, 6) is -6.09. The summed E-state index contributed by atoms with van der Waals surface area (Å²) >= 11 is 0. The Bertz CT molecular complexity index is 2150. The van der Waals surface area contributed by atoms with E-state index in [0.29, 0.717) is 19.3 Å². The van der Waals surface area contributed by atoms with Gasteiger partial charge in [-0.2, -0.15) is 0 Å². The molecule has 3 heterocycles. The van der Waals surface area contributed by atoms with E-state index in [1.165, 1.54) is 257 Å². The van der Waals surface area contributed by atoms with Crippen LogP contribution in [0.2, 0.25) is 0 Å².